The number of alkyl halides is 3. The SMILES string of the molecule is Cc1c(Cl)cc(C(C)n2nc(-c3ccncc3)c3c(N)ncnc32)c(OCCOC(=O)C(F)(F)F)c1-c1ccc(C(=O)N(C)C)nc1. The van der Waals surface area contributed by atoms with Crippen molar-refractivity contribution >= 4 is 40.3 Å². The number of carbonyl (C=O) groups is 2. The van der Waals surface area contributed by atoms with Crippen molar-refractivity contribution < 1.29 is 32.2 Å². The maximum Gasteiger partial charge on any atom is 0.490 e. The van der Waals surface area contributed by atoms with E-state index < -0.39 is 31.4 Å². The number of rotatable bonds is 9. The molecule has 0 aliphatic rings. The number of esters is 1. The van der Waals surface area contributed by atoms with Crippen molar-refractivity contribution in [2.75, 3.05) is 33.0 Å². The molecule has 1 unspecified atom stereocenters. The van der Waals surface area contributed by atoms with Gasteiger partial charge in [0.25, 0.3) is 5.91 Å². The van der Waals surface area contributed by atoms with Crippen LogP contribution in [0.1, 0.15) is 34.6 Å². The van der Waals surface area contributed by atoms with E-state index in [4.69, 9.17) is 27.2 Å². The Morgan fingerprint density at radius 1 is 1.06 bits per heavy atom. The van der Waals surface area contributed by atoms with Gasteiger partial charge < -0.3 is 20.1 Å². The Balaban J connectivity index is 1.65. The Labute approximate surface area is 271 Å². The van der Waals surface area contributed by atoms with E-state index in [1.165, 1.54) is 23.5 Å². The van der Waals surface area contributed by atoms with Crippen LogP contribution in [0.2, 0.25) is 5.02 Å². The third-order valence-corrected chi connectivity index (χ3v) is 7.66. The molecule has 0 bridgehead atoms. The number of anilines is 1. The molecule has 0 aliphatic heterocycles. The fourth-order valence-electron chi connectivity index (χ4n) is 4.92. The van der Waals surface area contributed by atoms with Gasteiger partial charge >= 0.3 is 12.1 Å². The minimum atomic E-state index is -5.16. The van der Waals surface area contributed by atoms with E-state index in [0.29, 0.717) is 49.6 Å². The van der Waals surface area contributed by atoms with E-state index in [9.17, 15) is 22.8 Å². The topological polar surface area (TPSA) is 151 Å². The minimum Gasteiger partial charge on any atom is -0.489 e. The smallest absolute Gasteiger partial charge is 0.489 e. The first-order valence-electron chi connectivity index (χ1n) is 14.1. The standard InChI is InChI=1S/C31H28ClF3N8O4/c1-16-21(32)13-20(17(2)43-28-24(27(36)39-15-40-28)25(41-43)18-7-9-37-10-8-18)26(46-11-12-47-30(45)31(33,34)35)23(16)19-5-6-22(38-14-19)29(44)42(3)4/h5-10,13-15,17H,11-12H2,1-4H3,(H2,36,39,40). The number of hydrogen-bond donors (Lipinski definition) is 1. The summed E-state index contributed by atoms with van der Waals surface area (Å²) < 4.78 is 50.4. The van der Waals surface area contributed by atoms with Gasteiger partial charge in [0.15, 0.2) is 5.65 Å². The average molecular weight is 669 g/mol. The Kier molecular flexibility index (Phi) is 9.28. The summed E-state index contributed by atoms with van der Waals surface area (Å²) >= 11 is 6.78. The van der Waals surface area contributed by atoms with E-state index in [1.807, 2.05) is 0 Å². The third kappa shape index (κ3) is 6.65. The number of halogens is 4. The molecule has 0 aliphatic carbocycles. The zero-order chi connectivity index (χ0) is 34.0. The molecule has 2 N–H and O–H groups in total. The normalized spacial score (nSPS) is 12.2. The van der Waals surface area contributed by atoms with E-state index in [2.05, 4.69) is 24.7 Å². The van der Waals surface area contributed by atoms with Crippen LogP contribution in [0.25, 0.3) is 33.4 Å². The summed E-state index contributed by atoms with van der Waals surface area (Å²) in [5.74, 6) is -2.23. The number of nitrogen functional groups attached to an aromatic ring is 1. The lowest BCUT2D eigenvalue weighted by atomic mass is 9.94. The second kappa shape index (κ2) is 13.2. The Morgan fingerprint density at radius 3 is 2.43 bits per heavy atom. The number of carbonyl (C=O) groups excluding carboxylic acids is 2. The van der Waals surface area contributed by atoms with Gasteiger partial charge in [-0.25, -0.2) is 19.4 Å². The summed E-state index contributed by atoms with van der Waals surface area (Å²) in [5.41, 5.74) is 10.1. The molecule has 16 heteroatoms. The summed E-state index contributed by atoms with van der Waals surface area (Å²) in [6.07, 6.45) is 0.841. The maximum absolute atomic E-state index is 12.8. The first-order valence-corrected chi connectivity index (χ1v) is 14.4. The molecule has 5 rings (SSSR count). The van der Waals surface area contributed by atoms with Crippen molar-refractivity contribution in [3.05, 3.63) is 77.1 Å². The molecule has 0 saturated carbocycles. The zero-order valence-corrected chi connectivity index (χ0v) is 26.3. The van der Waals surface area contributed by atoms with Crippen LogP contribution in [0.5, 0.6) is 5.75 Å². The van der Waals surface area contributed by atoms with Crippen molar-refractivity contribution in [1.29, 1.82) is 0 Å². The molecule has 1 aromatic carbocycles. The van der Waals surface area contributed by atoms with Crippen molar-refractivity contribution in [2.45, 2.75) is 26.1 Å². The number of hydrogen-bond acceptors (Lipinski definition) is 10. The van der Waals surface area contributed by atoms with Crippen LogP contribution in [0.15, 0.2) is 55.2 Å². The zero-order valence-electron chi connectivity index (χ0n) is 25.5. The summed E-state index contributed by atoms with van der Waals surface area (Å²) in [4.78, 5) is 42.2. The Bertz CT molecular complexity index is 1950. The molecule has 47 heavy (non-hydrogen) atoms. The van der Waals surface area contributed by atoms with Gasteiger partial charge in [-0.2, -0.15) is 18.3 Å². The van der Waals surface area contributed by atoms with Gasteiger partial charge in [-0.1, -0.05) is 17.7 Å². The van der Waals surface area contributed by atoms with Gasteiger partial charge in [0.1, 0.15) is 42.5 Å². The van der Waals surface area contributed by atoms with Crippen molar-refractivity contribution in [2.24, 2.45) is 0 Å². The average Bonchev–Trinajstić information content (AvgIpc) is 3.45. The molecule has 0 saturated heterocycles. The van der Waals surface area contributed by atoms with Crippen molar-refractivity contribution in [3.63, 3.8) is 0 Å². The predicted molar refractivity (Wildman–Crippen MR) is 167 cm³/mol. The lowest BCUT2D eigenvalue weighted by Gasteiger charge is -2.23. The number of ether oxygens (including phenoxy) is 2. The molecule has 12 nitrogen and oxygen atoms in total. The van der Waals surface area contributed by atoms with Crippen LogP contribution >= 0.6 is 11.6 Å². The van der Waals surface area contributed by atoms with Gasteiger partial charge in [-0.3, -0.25) is 14.8 Å². The number of benzene rings is 1. The summed E-state index contributed by atoms with van der Waals surface area (Å²) in [7, 11) is 3.20. The first-order chi connectivity index (χ1) is 22.3. The van der Waals surface area contributed by atoms with Crippen LogP contribution in [-0.4, -0.2) is 80.0 Å². The number of fused-ring (bicyclic) bond motifs is 1. The number of nitrogens with two attached hydrogens (primary N) is 1. The fourth-order valence-corrected chi connectivity index (χ4v) is 5.14. The molecule has 1 atom stereocenters. The van der Waals surface area contributed by atoms with E-state index >= 15 is 0 Å². The molecular weight excluding hydrogens is 641 g/mol. The number of amides is 1. The molecule has 4 aromatic heterocycles. The minimum absolute atomic E-state index is 0.192. The van der Waals surface area contributed by atoms with E-state index in [-0.39, 0.29) is 23.2 Å². The van der Waals surface area contributed by atoms with Crippen LogP contribution in [-0.2, 0) is 9.53 Å². The van der Waals surface area contributed by atoms with Gasteiger partial charge in [0.05, 0.1) is 11.4 Å². The monoisotopic (exact) mass is 668 g/mol. The van der Waals surface area contributed by atoms with Crippen LogP contribution in [0.4, 0.5) is 19.0 Å². The molecule has 1 amide bonds. The van der Waals surface area contributed by atoms with Gasteiger partial charge in [0, 0.05) is 60.0 Å². The lowest BCUT2D eigenvalue weighted by Crippen LogP contribution is -2.27. The predicted octanol–water partition coefficient (Wildman–Crippen LogP) is 5.29. The molecule has 244 valence electrons. The largest absolute Gasteiger partial charge is 0.490 e. The summed E-state index contributed by atoms with van der Waals surface area (Å²) in [6.45, 7) is 2.42. The highest BCUT2D eigenvalue weighted by molar-refractivity contribution is 6.32. The van der Waals surface area contributed by atoms with Gasteiger partial charge in [-0.15, -0.1) is 0 Å². The molecule has 0 radical (unpaired) electrons. The second-order valence-electron chi connectivity index (χ2n) is 10.6. The first kappa shape index (κ1) is 33.1. The summed E-state index contributed by atoms with van der Waals surface area (Å²) in [5, 5.41) is 5.68. The Hall–Kier alpha value is -5.31. The number of aromatic nitrogens is 6. The molecule has 0 spiro atoms. The highest BCUT2D eigenvalue weighted by atomic mass is 35.5. The number of nitrogens with zero attached hydrogens (tertiary/aromatic N) is 7. The Morgan fingerprint density at radius 2 is 1.79 bits per heavy atom. The van der Waals surface area contributed by atoms with Gasteiger partial charge in [0.2, 0.25) is 0 Å². The van der Waals surface area contributed by atoms with Crippen LogP contribution in [0.3, 0.4) is 0 Å². The molecular formula is C31H28ClF3N8O4. The van der Waals surface area contributed by atoms with E-state index in [0.717, 1.165) is 0 Å². The molecule has 0 fully saturated rings. The molecule has 5 aromatic rings. The molecule has 4 heterocycles. The quantitative estimate of drug-likeness (QED) is 0.162. The van der Waals surface area contributed by atoms with Gasteiger partial charge in [-0.05, 0) is 43.7 Å². The third-order valence-electron chi connectivity index (χ3n) is 7.27. The van der Waals surface area contributed by atoms with Crippen molar-refractivity contribution in [1.82, 2.24) is 34.6 Å². The fraction of sp³-hybridized carbons (Fsp3) is 0.258. The van der Waals surface area contributed by atoms with Crippen LogP contribution in [0, 0.1) is 6.92 Å². The maximum atomic E-state index is 12.8. The summed E-state index contributed by atoms with van der Waals surface area (Å²) in [6, 6.07) is 7.72. The van der Waals surface area contributed by atoms with Crippen LogP contribution < -0.4 is 10.5 Å². The second-order valence-corrected chi connectivity index (χ2v) is 11.0. The van der Waals surface area contributed by atoms with Crippen molar-refractivity contribution in [3.8, 4) is 28.1 Å². The lowest BCUT2D eigenvalue weighted by molar-refractivity contribution is -0.200. The number of pyridine rings is 2. The highest BCUT2D eigenvalue weighted by Crippen LogP contribution is 2.44. The van der Waals surface area contributed by atoms with E-state index in [1.54, 1.807) is 69.3 Å². The highest BCUT2D eigenvalue weighted by Gasteiger charge is 2.41.